The molecule has 0 spiro atoms. The Balaban J connectivity index is 1.42. The number of ether oxygens (including phenoxy) is 1. The van der Waals surface area contributed by atoms with Crippen LogP contribution in [-0.4, -0.2) is 17.1 Å². The van der Waals surface area contributed by atoms with Crippen molar-refractivity contribution in [3.63, 3.8) is 0 Å². The summed E-state index contributed by atoms with van der Waals surface area (Å²) in [5, 5.41) is 12.8. The molecule has 0 heterocycles. The van der Waals surface area contributed by atoms with Gasteiger partial charge in [-0.25, -0.2) is 9.18 Å². The summed E-state index contributed by atoms with van der Waals surface area (Å²) >= 11 is 0. The van der Waals surface area contributed by atoms with Crippen LogP contribution in [0, 0.1) is 5.82 Å². The van der Waals surface area contributed by atoms with Gasteiger partial charge >= 0.3 is 5.97 Å². The minimum Gasteiger partial charge on any atom is -0.489 e. The van der Waals surface area contributed by atoms with E-state index in [0.717, 1.165) is 27.9 Å². The second-order valence-electron chi connectivity index (χ2n) is 7.75. The van der Waals surface area contributed by atoms with Crippen molar-refractivity contribution in [3.8, 4) is 16.9 Å². The SMILES string of the molecule is O=C(O)C(Cc1ccccc1)Nc1cccc(-c2ccc(OCc3cccc(F)c3)cc2)c1. The highest BCUT2D eigenvalue weighted by molar-refractivity contribution is 5.78. The number of rotatable bonds is 9. The fourth-order valence-corrected chi connectivity index (χ4v) is 3.58. The van der Waals surface area contributed by atoms with Crippen LogP contribution in [0.4, 0.5) is 10.1 Å². The van der Waals surface area contributed by atoms with Crippen LogP contribution in [0.1, 0.15) is 11.1 Å². The van der Waals surface area contributed by atoms with Gasteiger partial charge in [-0.2, -0.15) is 0 Å². The lowest BCUT2D eigenvalue weighted by Crippen LogP contribution is -2.31. The van der Waals surface area contributed by atoms with Gasteiger partial charge in [0.25, 0.3) is 0 Å². The third-order valence-corrected chi connectivity index (χ3v) is 5.27. The molecule has 1 atom stereocenters. The quantitative estimate of drug-likeness (QED) is 0.326. The summed E-state index contributed by atoms with van der Waals surface area (Å²) in [7, 11) is 0. The summed E-state index contributed by atoms with van der Waals surface area (Å²) in [6, 6.07) is 30.4. The van der Waals surface area contributed by atoms with E-state index in [0.29, 0.717) is 12.2 Å². The van der Waals surface area contributed by atoms with Crippen LogP contribution < -0.4 is 10.1 Å². The molecule has 166 valence electrons. The zero-order valence-electron chi connectivity index (χ0n) is 17.9. The Kier molecular flexibility index (Phi) is 7.00. The van der Waals surface area contributed by atoms with Crippen LogP contribution in [0.15, 0.2) is 103 Å². The van der Waals surface area contributed by atoms with Crippen LogP contribution in [0.25, 0.3) is 11.1 Å². The molecule has 0 saturated heterocycles. The number of carboxylic acid groups (broad SMARTS) is 1. The van der Waals surface area contributed by atoms with E-state index < -0.39 is 12.0 Å². The van der Waals surface area contributed by atoms with Crippen molar-refractivity contribution in [2.24, 2.45) is 0 Å². The molecule has 0 radical (unpaired) electrons. The number of hydrogen-bond donors (Lipinski definition) is 2. The van der Waals surface area contributed by atoms with Crippen molar-refractivity contribution in [1.82, 2.24) is 0 Å². The summed E-state index contributed by atoms with van der Waals surface area (Å²) in [4.78, 5) is 11.8. The average molecular weight is 442 g/mol. The smallest absolute Gasteiger partial charge is 0.326 e. The van der Waals surface area contributed by atoms with E-state index >= 15 is 0 Å². The van der Waals surface area contributed by atoms with Crippen LogP contribution in [0.3, 0.4) is 0 Å². The Morgan fingerprint density at radius 3 is 2.27 bits per heavy atom. The zero-order valence-corrected chi connectivity index (χ0v) is 17.9. The standard InChI is InChI=1S/C28H24FNO3/c29-24-10-4-8-21(16-24)19-33-26-14-12-22(13-15-26)23-9-5-11-25(18-23)30-27(28(31)32)17-20-6-2-1-3-7-20/h1-16,18,27,30H,17,19H2,(H,31,32). The maximum Gasteiger partial charge on any atom is 0.326 e. The minimum absolute atomic E-state index is 0.283. The normalized spacial score (nSPS) is 11.5. The van der Waals surface area contributed by atoms with Crippen molar-refractivity contribution in [1.29, 1.82) is 0 Å². The molecule has 2 N–H and O–H groups in total. The highest BCUT2D eigenvalue weighted by atomic mass is 19.1. The van der Waals surface area contributed by atoms with Crippen LogP contribution in [0.5, 0.6) is 5.75 Å². The predicted molar refractivity (Wildman–Crippen MR) is 128 cm³/mol. The molecule has 0 saturated carbocycles. The summed E-state index contributed by atoms with van der Waals surface area (Å²) in [5.74, 6) is -0.496. The van der Waals surface area contributed by atoms with Gasteiger partial charge in [0, 0.05) is 12.1 Å². The molecular weight excluding hydrogens is 417 g/mol. The van der Waals surface area contributed by atoms with Crippen molar-refractivity contribution >= 4 is 11.7 Å². The number of benzene rings is 4. The third kappa shape index (κ3) is 6.20. The maximum absolute atomic E-state index is 13.3. The van der Waals surface area contributed by atoms with Gasteiger partial charge in [-0.3, -0.25) is 0 Å². The number of carbonyl (C=O) groups is 1. The van der Waals surface area contributed by atoms with Crippen molar-refractivity contribution in [3.05, 3.63) is 120 Å². The Morgan fingerprint density at radius 2 is 1.55 bits per heavy atom. The van der Waals surface area contributed by atoms with Gasteiger partial charge in [0.15, 0.2) is 0 Å². The van der Waals surface area contributed by atoms with Gasteiger partial charge in [0.1, 0.15) is 24.2 Å². The number of nitrogens with one attached hydrogen (secondary N) is 1. The number of hydrogen-bond acceptors (Lipinski definition) is 3. The molecule has 4 rings (SSSR count). The molecule has 0 bridgehead atoms. The Morgan fingerprint density at radius 1 is 0.818 bits per heavy atom. The van der Waals surface area contributed by atoms with Gasteiger partial charge < -0.3 is 15.2 Å². The van der Waals surface area contributed by atoms with Crippen LogP contribution in [-0.2, 0) is 17.8 Å². The first kappa shape index (κ1) is 22.1. The molecule has 4 aromatic carbocycles. The van der Waals surface area contributed by atoms with Crippen molar-refractivity contribution < 1.29 is 19.0 Å². The maximum atomic E-state index is 13.3. The average Bonchev–Trinajstić information content (AvgIpc) is 2.83. The molecule has 0 amide bonds. The number of carboxylic acids is 1. The highest BCUT2D eigenvalue weighted by Crippen LogP contribution is 2.26. The lowest BCUT2D eigenvalue weighted by Gasteiger charge is -2.17. The fraction of sp³-hybridized carbons (Fsp3) is 0.107. The fourth-order valence-electron chi connectivity index (χ4n) is 3.58. The highest BCUT2D eigenvalue weighted by Gasteiger charge is 2.18. The molecular formula is C28H24FNO3. The van der Waals surface area contributed by atoms with E-state index in [1.807, 2.05) is 84.9 Å². The molecule has 0 aromatic heterocycles. The topological polar surface area (TPSA) is 58.6 Å². The van der Waals surface area contributed by atoms with Gasteiger partial charge in [0.2, 0.25) is 0 Å². The third-order valence-electron chi connectivity index (χ3n) is 5.27. The second kappa shape index (κ2) is 10.5. The largest absolute Gasteiger partial charge is 0.489 e. The first-order chi connectivity index (χ1) is 16.1. The van der Waals surface area contributed by atoms with Gasteiger partial charge in [-0.05, 0) is 58.7 Å². The number of anilines is 1. The molecule has 0 aliphatic heterocycles. The van der Waals surface area contributed by atoms with Crippen molar-refractivity contribution in [2.75, 3.05) is 5.32 Å². The molecule has 4 nitrogen and oxygen atoms in total. The summed E-state index contributed by atoms with van der Waals surface area (Å²) in [6.45, 7) is 0.286. The predicted octanol–water partition coefficient (Wildman–Crippen LogP) is 6.18. The van der Waals surface area contributed by atoms with E-state index in [9.17, 15) is 14.3 Å². The Hall–Kier alpha value is -4.12. The van der Waals surface area contributed by atoms with E-state index in [1.165, 1.54) is 12.1 Å². The van der Waals surface area contributed by atoms with E-state index in [2.05, 4.69) is 5.32 Å². The summed E-state index contributed by atoms with van der Waals surface area (Å²) in [5.41, 5.74) is 4.40. The van der Waals surface area contributed by atoms with E-state index in [-0.39, 0.29) is 12.4 Å². The first-order valence-electron chi connectivity index (χ1n) is 10.7. The lowest BCUT2D eigenvalue weighted by molar-refractivity contribution is -0.137. The molecule has 1 unspecified atom stereocenters. The number of aliphatic carboxylic acids is 1. The van der Waals surface area contributed by atoms with Crippen molar-refractivity contribution in [2.45, 2.75) is 19.1 Å². The molecule has 4 aromatic rings. The monoisotopic (exact) mass is 441 g/mol. The number of halogens is 1. The molecule has 0 aliphatic rings. The molecule has 0 aliphatic carbocycles. The van der Waals surface area contributed by atoms with Crippen LogP contribution >= 0.6 is 0 Å². The Bertz CT molecular complexity index is 1210. The first-order valence-corrected chi connectivity index (χ1v) is 10.7. The molecule has 33 heavy (non-hydrogen) atoms. The Labute approximate surface area is 192 Å². The summed E-state index contributed by atoms with van der Waals surface area (Å²) < 4.78 is 19.1. The zero-order chi connectivity index (χ0) is 23.0. The van der Waals surface area contributed by atoms with E-state index in [1.54, 1.807) is 6.07 Å². The van der Waals surface area contributed by atoms with E-state index in [4.69, 9.17) is 4.74 Å². The van der Waals surface area contributed by atoms with Gasteiger partial charge in [0.05, 0.1) is 0 Å². The van der Waals surface area contributed by atoms with Gasteiger partial charge in [-0.15, -0.1) is 0 Å². The lowest BCUT2D eigenvalue weighted by atomic mass is 10.0. The van der Waals surface area contributed by atoms with Gasteiger partial charge in [-0.1, -0.05) is 66.7 Å². The minimum atomic E-state index is -0.899. The molecule has 5 heteroatoms. The second-order valence-corrected chi connectivity index (χ2v) is 7.75. The molecule has 0 fully saturated rings. The summed E-state index contributed by atoms with van der Waals surface area (Å²) in [6.07, 6.45) is 0.387. The van der Waals surface area contributed by atoms with Crippen LogP contribution in [0.2, 0.25) is 0 Å².